The van der Waals surface area contributed by atoms with E-state index in [1.54, 1.807) is 0 Å². The standard InChI is InChI=1S/C42H59N2OP.BrH/c1-3-5-6-7-8-9-10-11-12-13-14-15-19-26-38(44-34-33-43-37-44)36-42(45)46(35-4-2,39-27-20-16-21-28-39,40-29-22-17-23-30-40)41-31-24-18-25-32-41;/h16-18,20-25,27-34,37-38H,3-15,19,26,35-36H2,1-2H3;1H. The molecule has 0 aliphatic rings. The number of benzene rings is 3. The molecule has 0 aliphatic carbocycles. The molecule has 47 heavy (non-hydrogen) atoms. The Labute approximate surface area is 296 Å². The van der Waals surface area contributed by atoms with Crippen molar-refractivity contribution in [2.75, 3.05) is 6.16 Å². The molecule has 0 radical (unpaired) electrons. The number of hydrogen-bond acceptors (Lipinski definition) is 2. The van der Waals surface area contributed by atoms with Crippen LogP contribution in [0.15, 0.2) is 110 Å². The molecule has 4 aromatic rings. The summed E-state index contributed by atoms with van der Waals surface area (Å²) in [6.07, 6.45) is 26.6. The van der Waals surface area contributed by atoms with E-state index in [0.29, 0.717) is 11.9 Å². The molecule has 0 fully saturated rings. The van der Waals surface area contributed by atoms with Crippen LogP contribution in [0.1, 0.15) is 123 Å². The number of carbonyl (C=O) groups excluding carboxylic acids is 1. The maximum absolute atomic E-state index is 15.6. The molecule has 0 amide bonds. The molecule has 0 N–H and O–H groups in total. The van der Waals surface area contributed by atoms with Gasteiger partial charge >= 0.3 is 242 Å². The second kappa shape index (κ2) is 20.7. The molecule has 0 saturated heterocycles. The van der Waals surface area contributed by atoms with Crippen LogP contribution in [0.25, 0.3) is 0 Å². The molecule has 1 aromatic heterocycles. The molecule has 3 nitrogen and oxygen atoms in total. The summed E-state index contributed by atoms with van der Waals surface area (Å²) in [5.41, 5.74) is 0.393. The van der Waals surface area contributed by atoms with Crippen molar-refractivity contribution in [2.45, 2.75) is 123 Å². The van der Waals surface area contributed by atoms with Crippen LogP contribution in [0, 0.1) is 0 Å². The summed E-state index contributed by atoms with van der Waals surface area (Å²) in [6.45, 7) is 0.986. The fourth-order valence-electron chi connectivity index (χ4n) is 7.75. The van der Waals surface area contributed by atoms with Gasteiger partial charge in [0.1, 0.15) is 0 Å². The van der Waals surface area contributed by atoms with E-state index >= 15 is 4.79 Å². The number of hydrogen-bond donors (Lipinski definition) is 0. The number of rotatable bonds is 23. The number of carbonyl (C=O) groups is 1. The van der Waals surface area contributed by atoms with Gasteiger partial charge in [-0.1, -0.05) is 39.0 Å². The molecule has 5 heteroatoms. The summed E-state index contributed by atoms with van der Waals surface area (Å²) in [5.74, 6) is 0. The fourth-order valence-corrected chi connectivity index (χ4v) is 14.5. The van der Waals surface area contributed by atoms with Crippen molar-refractivity contribution in [1.82, 2.24) is 9.55 Å². The second-order valence-electron chi connectivity index (χ2n) is 13.3. The van der Waals surface area contributed by atoms with Crippen molar-refractivity contribution in [1.29, 1.82) is 0 Å². The van der Waals surface area contributed by atoms with E-state index in [9.17, 15) is 0 Å². The van der Waals surface area contributed by atoms with Crippen LogP contribution < -0.4 is 15.9 Å². The molecule has 1 heterocycles. The number of aromatic nitrogens is 2. The van der Waals surface area contributed by atoms with Gasteiger partial charge in [0.25, 0.3) is 0 Å². The minimum absolute atomic E-state index is 0. The third-order valence-corrected chi connectivity index (χ3v) is 17.1. The van der Waals surface area contributed by atoms with E-state index in [1.807, 2.05) is 12.5 Å². The van der Waals surface area contributed by atoms with Gasteiger partial charge in [-0.2, -0.15) is 0 Å². The molecule has 1 unspecified atom stereocenters. The van der Waals surface area contributed by atoms with E-state index in [-0.39, 0.29) is 23.0 Å². The average molecular weight is 720 g/mol. The Balaban J connectivity index is 0.00000600. The molecule has 3 aromatic carbocycles. The first-order valence-corrected chi connectivity index (χ1v) is 20.8. The number of nitrogens with zero attached hydrogens (tertiary/aromatic N) is 2. The molecular weight excluding hydrogens is 659 g/mol. The number of imidazole rings is 1. The van der Waals surface area contributed by atoms with E-state index < -0.39 is 6.60 Å². The number of unbranched alkanes of at least 4 members (excludes halogenated alkanes) is 12. The number of halogens is 1. The molecular formula is C42H60BrN2OP. The van der Waals surface area contributed by atoms with Crippen LogP contribution in [0.5, 0.6) is 0 Å². The Hall–Kier alpha value is -2.55. The summed E-state index contributed by atoms with van der Waals surface area (Å²) >= 11 is 0. The van der Waals surface area contributed by atoms with Gasteiger partial charge in [0.15, 0.2) is 0 Å². The van der Waals surface area contributed by atoms with Gasteiger partial charge in [-0.3, -0.25) is 0 Å². The third-order valence-electron chi connectivity index (χ3n) is 10.2. The first-order chi connectivity index (χ1) is 22.7. The van der Waals surface area contributed by atoms with Gasteiger partial charge in [0.05, 0.1) is 0 Å². The molecule has 0 spiro atoms. The van der Waals surface area contributed by atoms with E-state index in [4.69, 9.17) is 0 Å². The molecule has 256 valence electrons. The Kier molecular flexibility index (Phi) is 17.2. The second-order valence-corrected chi connectivity index (χ2v) is 18.4. The van der Waals surface area contributed by atoms with Crippen molar-refractivity contribution in [3.05, 3.63) is 110 Å². The summed E-state index contributed by atoms with van der Waals surface area (Å²) < 4.78 is 2.21. The van der Waals surface area contributed by atoms with E-state index in [2.05, 4.69) is 121 Å². The van der Waals surface area contributed by atoms with Crippen LogP contribution >= 0.6 is 23.6 Å². The van der Waals surface area contributed by atoms with E-state index in [0.717, 1.165) is 25.4 Å². The van der Waals surface area contributed by atoms with Crippen LogP contribution in [0.2, 0.25) is 0 Å². The summed E-state index contributed by atoms with van der Waals surface area (Å²) in [4.78, 5) is 20.1. The fraction of sp³-hybridized carbons (Fsp3) is 0.476. The van der Waals surface area contributed by atoms with Crippen LogP contribution in [0.4, 0.5) is 0 Å². The topological polar surface area (TPSA) is 34.9 Å². The van der Waals surface area contributed by atoms with Crippen molar-refractivity contribution < 1.29 is 4.79 Å². The van der Waals surface area contributed by atoms with Gasteiger partial charge in [-0.15, -0.1) is 17.0 Å². The van der Waals surface area contributed by atoms with Crippen molar-refractivity contribution in [2.24, 2.45) is 0 Å². The van der Waals surface area contributed by atoms with E-state index in [1.165, 1.54) is 93.0 Å². The predicted molar refractivity (Wildman–Crippen MR) is 212 cm³/mol. The minimum atomic E-state index is -3.54. The van der Waals surface area contributed by atoms with Crippen molar-refractivity contribution in [3.63, 3.8) is 0 Å². The zero-order valence-electron chi connectivity index (χ0n) is 29.1. The van der Waals surface area contributed by atoms with Crippen molar-refractivity contribution in [3.8, 4) is 0 Å². The molecule has 0 saturated carbocycles. The normalized spacial score (nSPS) is 12.9. The first kappa shape index (κ1) is 38.9. The zero-order chi connectivity index (χ0) is 32.4. The summed E-state index contributed by atoms with van der Waals surface area (Å²) in [6, 6.07) is 32.4. The summed E-state index contributed by atoms with van der Waals surface area (Å²) in [5, 5.41) is 3.55. The van der Waals surface area contributed by atoms with Crippen LogP contribution in [0.3, 0.4) is 0 Å². The third kappa shape index (κ3) is 9.54. The predicted octanol–water partition coefficient (Wildman–Crippen LogP) is 11.3. The Bertz CT molecular complexity index is 1280. The Morgan fingerprint density at radius 1 is 0.617 bits per heavy atom. The van der Waals surface area contributed by atoms with Gasteiger partial charge in [-0.25, -0.2) is 0 Å². The monoisotopic (exact) mass is 718 g/mol. The van der Waals surface area contributed by atoms with Gasteiger partial charge in [0, 0.05) is 0 Å². The van der Waals surface area contributed by atoms with Crippen LogP contribution in [-0.2, 0) is 4.79 Å². The zero-order valence-corrected chi connectivity index (χ0v) is 31.8. The Morgan fingerprint density at radius 2 is 1.04 bits per heavy atom. The Morgan fingerprint density at radius 3 is 1.43 bits per heavy atom. The summed E-state index contributed by atoms with van der Waals surface area (Å²) in [7, 11) is 0. The average Bonchev–Trinajstić information content (AvgIpc) is 3.65. The van der Waals surface area contributed by atoms with Gasteiger partial charge in [-0.05, 0) is 0 Å². The van der Waals surface area contributed by atoms with Crippen LogP contribution in [-0.4, -0.2) is 21.2 Å². The molecule has 4 rings (SSSR count). The van der Waals surface area contributed by atoms with Gasteiger partial charge < -0.3 is 0 Å². The van der Waals surface area contributed by atoms with Crippen molar-refractivity contribution >= 4 is 45.0 Å². The molecule has 0 aliphatic heterocycles. The van der Waals surface area contributed by atoms with Gasteiger partial charge in [0.2, 0.25) is 0 Å². The first-order valence-electron chi connectivity index (χ1n) is 18.4. The maximum atomic E-state index is 15.6. The molecule has 1 atom stereocenters. The quantitative estimate of drug-likeness (QED) is 0.0565. The molecule has 0 bridgehead atoms. The SMILES string of the molecule is Br.CCCCCCCCCCCCCCCC(CC(=O)P(CCC)(c1ccccc1)(c1ccccc1)c1ccccc1)n1ccnc1.